The van der Waals surface area contributed by atoms with Crippen LogP contribution in [-0.4, -0.2) is 5.04 Å². The summed E-state index contributed by atoms with van der Waals surface area (Å²) in [7, 11) is 0. The van der Waals surface area contributed by atoms with Gasteiger partial charge < -0.3 is 0 Å². The predicted molar refractivity (Wildman–Crippen MR) is 122 cm³/mol. The van der Waals surface area contributed by atoms with Crippen molar-refractivity contribution in [1.82, 2.24) is 0 Å². The van der Waals surface area contributed by atoms with Gasteiger partial charge in [0.25, 0.3) is 0 Å². The Labute approximate surface area is 179 Å². The van der Waals surface area contributed by atoms with Crippen LogP contribution in [0.15, 0.2) is 107 Å². The number of halogens is 1. The van der Waals surface area contributed by atoms with Crippen LogP contribution in [0.1, 0.15) is 5.56 Å². The van der Waals surface area contributed by atoms with Gasteiger partial charge in [-0.3, -0.25) is 0 Å². The fraction of sp³-hybridized carbons (Fsp3) is 0. The highest BCUT2D eigenvalue weighted by Gasteiger charge is 2.31. The number of nitrogens with zero attached hydrogens (tertiary/aromatic N) is 2. The summed E-state index contributed by atoms with van der Waals surface area (Å²) in [6.45, 7) is 0. The number of thioether (sulfide) groups is 3. The summed E-state index contributed by atoms with van der Waals surface area (Å²) < 4.78 is 2.34. The summed E-state index contributed by atoms with van der Waals surface area (Å²) in [5.41, 5.74) is 2.21. The third-order valence-corrected chi connectivity index (χ3v) is 8.50. The van der Waals surface area contributed by atoms with Gasteiger partial charge in [-0.15, -0.1) is 0 Å². The molecule has 0 N–H and O–H groups in total. The summed E-state index contributed by atoms with van der Waals surface area (Å²) in [6.07, 6.45) is 0. The van der Waals surface area contributed by atoms with E-state index in [1.165, 1.54) is 19.1 Å². The Balaban J connectivity index is 1.58. The highest BCUT2D eigenvalue weighted by Crippen LogP contribution is 2.55. The highest BCUT2D eigenvalue weighted by atomic mass is 79.9. The van der Waals surface area contributed by atoms with E-state index >= 15 is 0 Å². The fourth-order valence-corrected chi connectivity index (χ4v) is 6.77. The second-order valence-corrected chi connectivity index (χ2v) is 10.2. The normalized spacial score (nSPS) is 15.9. The van der Waals surface area contributed by atoms with Crippen LogP contribution in [0.5, 0.6) is 0 Å². The van der Waals surface area contributed by atoms with Gasteiger partial charge in [0.1, 0.15) is 10.1 Å². The molecule has 6 heteroatoms. The molecule has 0 bridgehead atoms. The standard InChI is InChI=1S/C21H13BrN2S3/c22-15-10-12-16(13-11-15)24-20(21-25-17-8-4-5-9-18(17)26-21)27-19(23-24)14-6-2-1-3-7-14/h1-13H. The molecule has 2 aliphatic heterocycles. The van der Waals surface area contributed by atoms with E-state index < -0.39 is 0 Å². The number of hydrazone groups is 1. The molecular weight excluding hydrogens is 456 g/mol. The zero-order valence-electron chi connectivity index (χ0n) is 14.0. The number of hydrogen-bond donors (Lipinski definition) is 0. The van der Waals surface area contributed by atoms with Crippen molar-refractivity contribution in [3.63, 3.8) is 0 Å². The first-order valence-corrected chi connectivity index (χ1v) is 11.6. The average Bonchev–Trinajstić information content (AvgIpc) is 3.33. The van der Waals surface area contributed by atoms with Crippen LogP contribution in [0, 0.1) is 0 Å². The lowest BCUT2D eigenvalue weighted by atomic mass is 10.2. The molecule has 2 aliphatic rings. The first kappa shape index (κ1) is 17.5. The summed E-state index contributed by atoms with van der Waals surface area (Å²) in [5.74, 6) is 0. The average molecular weight is 469 g/mol. The van der Waals surface area contributed by atoms with Gasteiger partial charge in [0, 0.05) is 19.8 Å². The van der Waals surface area contributed by atoms with Crippen molar-refractivity contribution in [2.45, 2.75) is 9.79 Å². The SMILES string of the molecule is Brc1ccc(N2N=C(c3ccccc3)SC2=C2Sc3ccccc3S2)cc1. The molecule has 0 spiro atoms. The molecule has 27 heavy (non-hydrogen) atoms. The molecule has 2 heterocycles. The topological polar surface area (TPSA) is 15.6 Å². The van der Waals surface area contributed by atoms with Crippen molar-refractivity contribution in [3.8, 4) is 0 Å². The minimum Gasteiger partial charge on any atom is -0.224 e. The lowest BCUT2D eigenvalue weighted by Crippen LogP contribution is -2.09. The van der Waals surface area contributed by atoms with E-state index in [1.807, 2.05) is 29.6 Å². The molecule has 5 rings (SSSR count). The maximum Gasteiger partial charge on any atom is 0.131 e. The summed E-state index contributed by atoms with van der Waals surface area (Å²) in [4.78, 5) is 2.63. The molecule has 0 saturated carbocycles. The van der Waals surface area contributed by atoms with Crippen LogP contribution in [0.2, 0.25) is 0 Å². The molecule has 0 aliphatic carbocycles. The largest absolute Gasteiger partial charge is 0.224 e. The summed E-state index contributed by atoms with van der Waals surface area (Å²) >= 11 is 8.92. The van der Waals surface area contributed by atoms with E-state index in [4.69, 9.17) is 5.10 Å². The molecule has 0 fully saturated rings. The molecule has 0 aromatic heterocycles. The molecule has 132 valence electrons. The molecule has 0 amide bonds. The Morgan fingerprint density at radius 3 is 2.00 bits per heavy atom. The van der Waals surface area contributed by atoms with Gasteiger partial charge in [-0.25, -0.2) is 5.01 Å². The van der Waals surface area contributed by atoms with E-state index in [2.05, 4.69) is 93.7 Å². The van der Waals surface area contributed by atoms with Crippen LogP contribution < -0.4 is 5.01 Å². The van der Waals surface area contributed by atoms with Crippen molar-refractivity contribution in [2.24, 2.45) is 5.10 Å². The first-order valence-electron chi connectivity index (χ1n) is 8.34. The number of benzene rings is 3. The van der Waals surface area contributed by atoms with Crippen molar-refractivity contribution >= 4 is 61.9 Å². The summed E-state index contributed by atoms with van der Waals surface area (Å²) in [6, 6.07) is 27.3. The van der Waals surface area contributed by atoms with Crippen molar-refractivity contribution in [2.75, 3.05) is 5.01 Å². The first-order chi connectivity index (χ1) is 13.3. The van der Waals surface area contributed by atoms with E-state index in [-0.39, 0.29) is 0 Å². The van der Waals surface area contributed by atoms with Crippen LogP contribution in [-0.2, 0) is 0 Å². The van der Waals surface area contributed by atoms with Crippen molar-refractivity contribution < 1.29 is 0 Å². The smallest absolute Gasteiger partial charge is 0.131 e. The maximum absolute atomic E-state index is 4.96. The quantitative estimate of drug-likeness (QED) is 0.389. The summed E-state index contributed by atoms with van der Waals surface area (Å²) in [5, 5.41) is 9.23. The molecule has 3 aromatic rings. The van der Waals surface area contributed by atoms with Crippen molar-refractivity contribution in [3.05, 3.63) is 98.2 Å². The van der Waals surface area contributed by atoms with Gasteiger partial charge in [0.2, 0.25) is 0 Å². The Kier molecular flexibility index (Phi) is 4.82. The maximum atomic E-state index is 4.96. The molecule has 0 atom stereocenters. The van der Waals surface area contributed by atoms with E-state index in [0.29, 0.717) is 0 Å². The monoisotopic (exact) mass is 468 g/mol. The van der Waals surface area contributed by atoms with Crippen LogP contribution in [0.25, 0.3) is 0 Å². The Hall–Kier alpha value is -1.60. The van der Waals surface area contributed by atoms with E-state index in [9.17, 15) is 0 Å². The van der Waals surface area contributed by atoms with E-state index in [0.717, 1.165) is 20.8 Å². The Morgan fingerprint density at radius 1 is 0.704 bits per heavy atom. The van der Waals surface area contributed by atoms with Crippen LogP contribution >= 0.6 is 51.2 Å². The number of rotatable bonds is 2. The lowest BCUT2D eigenvalue weighted by molar-refractivity contribution is 1.08. The van der Waals surface area contributed by atoms with Crippen LogP contribution in [0.3, 0.4) is 0 Å². The molecule has 3 aromatic carbocycles. The van der Waals surface area contributed by atoms with Gasteiger partial charge in [0.05, 0.1) is 9.92 Å². The minimum atomic E-state index is 1.03. The molecule has 0 saturated heterocycles. The number of fused-ring (bicyclic) bond motifs is 1. The second kappa shape index (κ2) is 7.43. The van der Waals surface area contributed by atoms with Gasteiger partial charge >= 0.3 is 0 Å². The minimum absolute atomic E-state index is 1.03. The fourth-order valence-electron chi connectivity index (χ4n) is 2.80. The Bertz CT molecular complexity index is 1040. The lowest BCUT2D eigenvalue weighted by Gasteiger charge is -2.16. The van der Waals surface area contributed by atoms with Gasteiger partial charge in [0.15, 0.2) is 0 Å². The van der Waals surface area contributed by atoms with Crippen molar-refractivity contribution in [1.29, 1.82) is 0 Å². The molecule has 0 radical (unpaired) electrons. The Morgan fingerprint density at radius 2 is 1.33 bits per heavy atom. The third kappa shape index (κ3) is 3.47. The number of anilines is 1. The highest BCUT2D eigenvalue weighted by molar-refractivity contribution is 9.10. The molecular formula is C21H13BrN2S3. The zero-order chi connectivity index (χ0) is 18.2. The third-order valence-electron chi connectivity index (χ3n) is 4.10. The zero-order valence-corrected chi connectivity index (χ0v) is 18.0. The predicted octanol–water partition coefficient (Wildman–Crippen LogP) is 7.39. The second-order valence-electron chi connectivity index (χ2n) is 5.90. The number of hydrogen-bond acceptors (Lipinski definition) is 5. The molecule has 0 unspecified atom stereocenters. The molecule has 2 nitrogen and oxygen atoms in total. The van der Waals surface area contributed by atoms with Gasteiger partial charge in [-0.2, -0.15) is 5.10 Å². The van der Waals surface area contributed by atoms with Crippen LogP contribution in [0.4, 0.5) is 5.69 Å². The van der Waals surface area contributed by atoms with E-state index in [1.54, 1.807) is 11.8 Å². The van der Waals surface area contributed by atoms with Gasteiger partial charge in [-0.05, 0) is 48.2 Å². The van der Waals surface area contributed by atoms with Gasteiger partial charge in [-0.1, -0.05) is 81.9 Å².